The molecule has 8 heteroatoms. The first-order valence-electron chi connectivity index (χ1n) is 11.2. The van der Waals surface area contributed by atoms with E-state index in [2.05, 4.69) is 10.6 Å². The van der Waals surface area contributed by atoms with Gasteiger partial charge in [-0.1, -0.05) is 48.5 Å². The van der Waals surface area contributed by atoms with Crippen molar-refractivity contribution in [3.63, 3.8) is 0 Å². The van der Waals surface area contributed by atoms with E-state index in [0.717, 1.165) is 35.1 Å². The van der Waals surface area contributed by atoms with Crippen LogP contribution in [0.1, 0.15) is 36.3 Å². The van der Waals surface area contributed by atoms with Gasteiger partial charge in [-0.3, -0.25) is 9.59 Å². The summed E-state index contributed by atoms with van der Waals surface area (Å²) in [5, 5.41) is 14.4. The molecule has 172 valence electrons. The van der Waals surface area contributed by atoms with E-state index in [9.17, 15) is 19.5 Å². The Morgan fingerprint density at radius 3 is 2.27 bits per heavy atom. The predicted octanol–water partition coefficient (Wildman–Crippen LogP) is 2.66. The first-order valence-corrected chi connectivity index (χ1v) is 11.2. The summed E-state index contributed by atoms with van der Waals surface area (Å²) in [5.41, 5.74) is 4.02. The van der Waals surface area contributed by atoms with Gasteiger partial charge in [0.2, 0.25) is 5.91 Å². The molecule has 6 rings (SSSR count). The van der Waals surface area contributed by atoms with Crippen molar-refractivity contribution in [2.75, 3.05) is 19.8 Å². The van der Waals surface area contributed by atoms with Gasteiger partial charge in [-0.15, -0.1) is 0 Å². The Labute approximate surface area is 191 Å². The summed E-state index contributed by atoms with van der Waals surface area (Å²) in [7, 11) is 0. The summed E-state index contributed by atoms with van der Waals surface area (Å²) in [6, 6.07) is 14.7. The van der Waals surface area contributed by atoms with Gasteiger partial charge in [0.1, 0.15) is 12.6 Å². The van der Waals surface area contributed by atoms with E-state index in [0.29, 0.717) is 19.1 Å². The molecule has 3 fully saturated rings. The molecule has 0 radical (unpaired) electrons. The third-order valence-electron chi connectivity index (χ3n) is 6.86. The van der Waals surface area contributed by atoms with Gasteiger partial charge in [0.05, 0.1) is 18.6 Å². The van der Waals surface area contributed by atoms with Gasteiger partial charge in [-0.05, 0) is 41.0 Å². The molecular formula is C25H26N2O6. The van der Waals surface area contributed by atoms with Crippen molar-refractivity contribution in [2.45, 2.75) is 36.8 Å². The number of carbonyl (C=O) groups is 3. The lowest BCUT2D eigenvalue weighted by molar-refractivity contribution is -0.140. The van der Waals surface area contributed by atoms with Crippen LogP contribution in [0.2, 0.25) is 0 Å². The Morgan fingerprint density at radius 2 is 1.70 bits per heavy atom. The standard InChI is InChI=1S/C25H26N2O6/c28-22(29)9-21(23(30)26-14-25-10-15(11-25)12-33-25)27-24(31)32-13-20-18-7-3-1-5-16(18)17-6-2-4-8-19(17)20/h1-8,15,20-21H,9-14H2,(H,26,30)(H,27,31)(H,28,29). The largest absolute Gasteiger partial charge is 0.481 e. The number of hydrogen-bond acceptors (Lipinski definition) is 5. The van der Waals surface area contributed by atoms with Gasteiger partial charge in [-0.25, -0.2) is 4.79 Å². The van der Waals surface area contributed by atoms with Gasteiger partial charge in [0.25, 0.3) is 0 Å². The van der Waals surface area contributed by atoms with Crippen molar-refractivity contribution < 1.29 is 29.0 Å². The van der Waals surface area contributed by atoms with E-state index in [4.69, 9.17) is 9.47 Å². The average Bonchev–Trinajstić information content (AvgIpc) is 3.47. The second kappa shape index (κ2) is 8.51. The number of nitrogens with one attached hydrogen (secondary N) is 2. The van der Waals surface area contributed by atoms with Gasteiger partial charge in [-0.2, -0.15) is 0 Å². The maximum atomic E-state index is 12.6. The van der Waals surface area contributed by atoms with Gasteiger partial charge in [0, 0.05) is 12.5 Å². The monoisotopic (exact) mass is 450 g/mol. The summed E-state index contributed by atoms with van der Waals surface area (Å²) in [5.74, 6) is -1.32. The molecule has 2 heterocycles. The first-order chi connectivity index (χ1) is 15.9. The maximum Gasteiger partial charge on any atom is 0.407 e. The summed E-state index contributed by atoms with van der Waals surface area (Å²) in [6.45, 7) is 1.09. The van der Waals surface area contributed by atoms with Crippen LogP contribution in [0.15, 0.2) is 48.5 Å². The molecule has 2 amide bonds. The highest BCUT2D eigenvalue weighted by Gasteiger charge is 2.52. The number of ether oxygens (including phenoxy) is 2. The maximum absolute atomic E-state index is 12.6. The van der Waals surface area contributed by atoms with E-state index in [1.54, 1.807) is 0 Å². The number of aliphatic carboxylic acids is 1. The highest BCUT2D eigenvalue weighted by molar-refractivity contribution is 5.89. The van der Waals surface area contributed by atoms with E-state index in [1.165, 1.54) is 0 Å². The number of benzene rings is 2. The van der Waals surface area contributed by atoms with Crippen molar-refractivity contribution >= 4 is 18.0 Å². The fourth-order valence-corrected chi connectivity index (χ4v) is 5.26. The van der Waals surface area contributed by atoms with Crippen LogP contribution in [0.4, 0.5) is 4.79 Å². The highest BCUT2D eigenvalue weighted by Crippen LogP contribution is 2.48. The summed E-state index contributed by atoms with van der Waals surface area (Å²) < 4.78 is 11.2. The highest BCUT2D eigenvalue weighted by atomic mass is 16.5. The molecule has 2 aromatic carbocycles. The molecule has 8 nitrogen and oxygen atoms in total. The van der Waals surface area contributed by atoms with Crippen LogP contribution >= 0.6 is 0 Å². The minimum absolute atomic E-state index is 0.0829. The molecule has 2 aliphatic heterocycles. The zero-order valence-electron chi connectivity index (χ0n) is 18.1. The summed E-state index contributed by atoms with van der Waals surface area (Å²) >= 11 is 0. The number of amides is 2. The molecule has 4 aliphatic rings. The van der Waals surface area contributed by atoms with Crippen molar-refractivity contribution in [1.82, 2.24) is 10.6 Å². The zero-order valence-corrected chi connectivity index (χ0v) is 18.1. The Morgan fingerprint density at radius 1 is 1.06 bits per heavy atom. The SMILES string of the molecule is O=C(O)CC(NC(=O)OCC1c2ccccc2-c2ccccc21)C(=O)NCC12CC(CO1)C2. The van der Waals surface area contributed by atoms with Crippen molar-refractivity contribution in [3.8, 4) is 11.1 Å². The van der Waals surface area contributed by atoms with E-state index in [1.807, 2.05) is 48.5 Å². The molecule has 0 spiro atoms. The fraction of sp³-hybridized carbons (Fsp3) is 0.400. The van der Waals surface area contributed by atoms with Crippen LogP contribution < -0.4 is 10.6 Å². The smallest absolute Gasteiger partial charge is 0.407 e. The topological polar surface area (TPSA) is 114 Å². The lowest BCUT2D eigenvalue weighted by atomic mass is 9.74. The molecular weight excluding hydrogens is 424 g/mol. The van der Waals surface area contributed by atoms with Crippen molar-refractivity contribution in [3.05, 3.63) is 59.7 Å². The molecule has 2 saturated heterocycles. The number of fused-ring (bicyclic) bond motifs is 4. The lowest BCUT2D eigenvalue weighted by Crippen LogP contribution is -2.53. The second-order valence-corrected chi connectivity index (χ2v) is 9.11. The van der Waals surface area contributed by atoms with Crippen molar-refractivity contribution in [1.29, 1.82) is 0 Å². The molecule has 0 aromatic heterocycles. The zero-order chi connectivity index (χ0) is 23.0. The second-order valence-electron chi connectivity index (χ2n) is 9.11. The number of carboxylic acid groups (broad SMARTS) is 1. The van der Waals surface area contributed by atoms with Gasteiger partial charge >= 0.3 is 12.1 Å². The Kier molecular flexibility index (Phi) is 5.54. The van der Waals surface area contributed by atoms with Crippen molar-refractivity contribution in [2.24, 2.45) is 5.92 Å². The predicted molar refractivity (Wildman–Crippen MR) is 119 cm³/mol. The molecule has 3 N–H and O–H groups in total. The number of alkyl carbamates (subject to hydrolysis) is 1. The van der Waals surface area contributed by atoms with Crippen LogP contribution in [-0.2, 0) is 19.1 Å². The van der Waals surface area contributed by atoms with E-state index < -0.39 is 30.4 Å². The lowest BCUT2D eigenvalue weighted by Gasteiger charge is -2.36. The van der Waals surface area contributed by atoms with E-state index >= 15 is 0 Å². The molecule has 2 aromatic rings. The van der Waals surface area contributed by atoms with Gasteiger partial charge < -0.3 is 25.2 Å². The summed E-state index contributed by atoms with van der Waals surface area (Å²) in [6.07, 6.45) is 0.442. The molecule has 2 bridgehead atoms. The third kappa shape index (κ3) is 4.18. The van der Waals surface area contributed by atoms with Crippen LogP contribution in [0.5, 0.6) is 0 Å². The quantitative estimate of drug-likeness (QED) is 0.570. The normalized spacial score (nSPS) is 23.1. The van der Waals surface area contributed by atoms with Crippen LogP contribution in [0, 0.1) is 5.92 Å². The Hall–Kier alpha value is -3.39. The van der Waals surface area contributed by atoms with Crippen LogP contribution in [0.25, 0.3) is 11.1 Å². The van der Waals surface area contributed by atoms with Gasteiger partial charge in [0.15, 0.2) is 0 Å². The number of rotatable bonds is 8. The number of carboxylic acids is 1. The van der Waals surface area contributed by atoms with Crippen LogP contribution in [0.3, 0.4) is 0 Å². The average molecular weight is 450 g/mol. The minimum atomic E-state index is -1.23. The van der Waals surface area contributed by atoms with Crippen LogP contribution in [-0.4, -0.2) is 54.5 Å². The molecule has 1 saturated carbocycles. The molecule has 33 heavy (non-hydrogen) atoms. The summed E-state index contributed by atoms with van der Waals surface area (Å²) in [4.78, 5) is 36.4. The third-order valence-corrected chi connectivity index (χ3v) is 6.86. The minimum Gasteiger partial charge on any atom is -0.481 e. The fourth-order valence-electron chi connectivity index (χ4n) is 5.26. The molecule has 2 aliphatic carbocycles. The Balaban J connectivity index is 1.20. The number of hydrogen-bond donors (Lipinski definition) is 3. The molecule has 1 unspecified atom stereocenters. The Bertz CT molecular complexity index is 1040. The molecule has 1 atom stereocenters. The van der Waals surface area contributed by atoms with E-state index in [-0.39, 0.29) is 18.1 Å². The number of carbonyl (C=O) groups excluding carboxylic acids is 2. The first kappa shape index (κ1) is 21.5.